The number of nitrogens with one attached hydrogen (secondary N) is 1. The molecular formula is C17H15N5O3S. The number of aromatic amines is 1. The number of thiophene rings is 1. The smallest absolute Gasteiger partial charge is 0.275 e. The molecular weight excluding hydrogens is 354 g/mol. The monoisotopic (exact) mass is 369 g/mol. The van der Waals surface area contributed by atoms with Crippen LogP contribution in [0.25, 0.3) is 10.6 Å². The highest BCUT2D eigenvalue weighted by Crippen LogP contribution is 2.26. The van der Waals surface area contributed by atoms with Crippen molar-refractivity contribution in [3.8, 4) is 10.6 Å². The van der Waals surface area contributed by atoms with Crippen LogP contribution in [0.15, 0.2) is 52.3 Å². The second-order valence-corrected chi connectivity index (χ2v) is 6.99. The molecule has 0 aliphatic carbocycles. The van der Waals surface area contributed by atoms with Gasteiger partial charge >= 0.3 is 0 Å². The molecule has 0 bridgehead atoms. The minimum atomic E-state index is -0.230. The Morgan fingerprint density at radius 1 is 1.15 bits per heavy atom. The molecule has 4 aromatic rings. The minimum Gasteiger partial charge on any atom is -0.451 e. The Labute approximate surface area is 152 Å². The largest absolute Gasteiger partial charge is 0.451 e. The van der Waals surface area contributed by atoms with Crippen LogP contribution in [0.2, 0.25) is 0 Å². The second-order valence-electron chi connectivity index (χ2n) is 5.70. The van der Waals surface area contributed by atoms with E-state index in [0.717, 1.165) is 10.6 Å². The van der Waals surface area contributed by atoms with Gasteiger partial charge in [0.25, 0.3) is 5.91 Å². The zero-order valence-corrected chi connectivity index (χ0v) is 14.7. The molecule has 0 saturated carbocycles. The Balaban J connectivity index is 1.58. The van der Waals surface area contributed by atoms with Crippen LogP contribution in [0.5, 0.6) is 0 Å². The quantitative estimate of drug-likeness (QED) is 0.560. The average molecular weight is 369 g/mol. The first-order valence-electron chi connectivity index (χ1n) is 7.84. The van der Waals surface area contributed by atoms with E-state index < -0.39 is 0 Å². The van der Waals surface area contributed by atoms with Gasteiger partial charge < -0.3 is 13.7 Å². The summed E-state index contributed by atoms with van der Waals surface area (Å²) in [5.74, 6) is -0.230. The zero-order valence-electron chi connectivity index (χ0n) is 13.9. The van der Waals surface area contributed by atoms with Gasteiger partial charge in [0.2, 0.25) is 0 Å². The fourth-order valence-electron chi connectivity index (χ4n) is 2.52. The summed E-state index contributed by atoms with van der Waals surface area (Å²) in [6.45, 7) is 2.60. The van der Waals surface area contributed by atoms with Gasteiger partial charge in [-0.05, 0) is 25.1 Å². The molecule has 0 spiro atoms. The van der Waals surface area contributed by atoms with Crippen LogP contribution in [-0.4, -0.2) is 31.0 Å². The van der Waals surface area contributed by atoms with E-state index in [1.807, 2.05) is 19.1 Å². The van der Waals surface area contributed by atoms with E-state index in [2.05, 4.69) is 20.2 Å². The molecule has 4 rings (SSSR count). The maximum absolute atomic E-state index is 13.0. The van der Waals surface area contributed by atoms with Gasteiger partial charge in [-0.25, -0.2) is 9.97 Å². The fraction of sp³-hybridized carbons (Fsp3) is 0.176. The lowest BCUT2D eigenvalue weighted by Crippen LogP contribution is -2.30. The van der Waals surface area contributed by atoms with Crippen LogP contribution in [0.4, 0.5) is 0 Å². The van der Waals surface area contributed by atoms with Crippen LogP contribution in [0.3, 0.4) is 0 Å². The molecule has 0 saturated heterocycles. The summed E-state index contributed by atoms with van der Waals surface area (Å²) >= 11 is 1.64. The number of amides is 1. The van der Waals surface area contributed by atoms with Crippen molar-refractivity contribution in [2.24, 2.45) is 0 Å². The molecule has 8 nitrogen and oxygen atoms in total. The van der Waals surface area contributed by atoms with E-state index in [0.29, 0.717) is 17.1 Å². The molecule has 132 valence electrons. The summed E-state index contributed by atoms with van der Waals surface area (Å²) in [5, 5.41) is 7.12. The number of oxazole rings is 2. The number of nitrogens with zero attached hydrogens (tertiary/aromatic N) is 4. The molecule has 1 N–H and O–H groups in total. The molecule has 0 radical (unpaired) electrons. The highest BCUT2D eigenvalue weighted by atomic mass is 32.1. The van der Waals surface area contributed by atoms with Gasteiger partial charge in [-0.2, -0.15) is 5.10 Å². The van der Waals surface area contributed by atoms with E-state index in [1.54, 1.807) is 22.3 Å². The maximum Gasteiger partial charge on any atom is 0.275 e. The third kappa shape index (κ3) is 3.42. The first-order chi connectivity index (χ1) is 12.7. The average Bonchev–Trinajstić information content (AvgIpc) is 3.41. The predicted octanol–water partition coefficient (Wildman–Crippen LogP) is 3.27. The summed E-state index contributed by atoms with van der Waals surface area (Å²) in [4.78, 5) is 25.0. The van der Waals surface area contributed by atoms with Crippen molar-refractivity contribution >= 4 is 17.2 Å². The normalized spacial score (nSPS) is 11.0. The molecule has 0 atom stereocenters. The topological polar surface area (TPSA) is 101 Å². The van der Waals surface area contributed by atoms with Crippen molar-refractivity contribution in [2.45, 2.75) is 20.0 Å². The van der Waals surface area contributed by atoms with E-state index in [4.69, 9.17) is 8.83 Å². The number of rotatable bonds is 6. The van der Waals surface area contributed by atoms with E-state index in [9.17, 15) is 4.79 Å². The number of carbonyl (C=O) groups is 1. The Morgan fingerprint density at radius 3 is 2.38 bits per heavy atom. The Hall–Kier alpha value is -3.20. The molecule has 0 unspecified atom stereocenters. The lowest BCUT2D eigenvalue weighted by molar-refractivity contribution is 0.0719. The lowest BCUT2D eigenvalue weighted by atomic mass is 10.2. The van der Waals surface area contributed by atoms with Crippen molar-refractivity contribution < 1.29 is 13.6 Å². The van der Waals surface area contributed by atoms with Crippen molar-refractivity contribution in [2.75, 3.05) is 0 Å². The number of H-pyrrole nitrogens is 1. The molecule has 9 heteroatoms. The SMILES string of the molecule is Cc1ccc(-c2cc(C(=O)N(Cc3cocn3)Cc3cocn3)n[nH]2)s1. The number of aromatic nitrogens is 4. The first kappa shape index (κ1) is 16.3. The summed E-state index contributed by atoms with van der Waals surface area (Å²) in [6.07, 6.45) is 5.68. The first-order valence-corrected chi connectivity index (χ1v) is 8.66. The summed E-state index contributed by atoms with van der Waals surface area (Å²) in [5.41, 5.74) is 2.44. The third-order valence-corrected chi connectivity index (χ3v) is 4.80. The molecule has 0 aliphatic rings. The summed E-state index contributed by atoms with van der Waals surface area (Å²) in [7, 11) is 0. The molecule has 1 amide bonds. The van der Waals surface area contributed by atoms with Gasteiger partial charge in [0.15, 0.2) is 18.5 Å². The molecule has 26 heavy (non-hydrogen) atoms. The van der Waals surface area contributed by atoms with Gasteiger partial charge in [-0.15, -0.1) is 11.3 Å². The van der Waals surface area contributed by atoms with Gasteiger partial charge in [-0.1, -0.05) is 0 Å². The number of carbonyl (C=O) groups excluding carboxylic acids is 1. The third-order valence-electron chi connectivity index (χ3n) is 3.76. The lowest BCUT2D eigenvalue weighted by Gasteiger charge is -2.19. The number of hydrogen-bond donors (Lipinski definition) is 1. The van der Waals surface area contributed by atoms with Crippen LogP contribution >= 0.6 is 11.3 Å². The van der Waals surface area contributed by atoms with Crippen molar-refractivity contribution in [1.82, 2.24) is 25.1 Å². The predicted molar refractivity (Wildman–Crippen MR) is 93.2 cm³/mol. The van der Waals surface area contributed by atoms with Crippen LogP contribution < -0.4 is 0 Å². The summed E-state index contributed by atoms with van der Waals surface area (Å²) < 4.78 is 9.99. The van der Waals surface area contributed by atoms with E-state index in [-0.39, 0.29) is 19.0 Å². The summed E-state index contributed by atoms with van der Waals surface area (Å²) in [6, 6.07) is 5.79. The van der Waals surface area contributed by atoms with Crippen molar-refractivity contribution in [3.05, 3.63) is 65.5 Å². The van der Waals surface area contributed by atoms with Crippen LogP contribution in [0.1, 0.15) is 26.8 Å². The molecule has 4 heterocycles. The standard InChI is InChI=1S/C17H15N5O3S/c1-11-2-3-16(26-11)14-4-15(21-20-14)17(23)22(5-12-7-24-9-18-12)6-13-8-25-10-19-13/h2-4,7-10H,5-6H2,1H3,(H,20,21). The Morgan fingerprint density at radius 2 is 1.85 bits per heavy atom. The zero-order chi connectivity index (χ0) is 17.9. The van der Waals surface area contributed by atoms with E-state index in [1.165, 1.54) is 30.2 Å². The number of hydrogen-bond acceptors (Lipinski definition) is 7. The molecule has 0 aliphatic heterocycles. The minimum absolute atomic E-state index is 0.230. The molecule has 0 aromatic carbocycles. The van der Waals surface area contributed by atoms with Crippen LogP contribution in [-0.2, 0) is 13.1 Å². The van der Waals surface area contributed by atoms with Gasteiger partial charge in [0, 0.05) is 4.88 Å². The molecule has 4 aromatic heterocycles. The van der Waals surface area contributed by atoms with Gasteiger partial charge in [0.05, 0.1) is 35.0 Å². The van der Waals surface area contributed by atoms with E-state index >= 15 is 0 Å². The maximum atomic E-state index is 13.0. The Kier molecular flexibility index (Phi) is 4.36. The van der Waals surface area contributed by atoms with Crippen molar-refractivity contribution in [3.63, 3.8) is 0 Å². The highest BCUT2D eigenvalue weighted by Gasteiger charge is 2.22. The highest BCUT2D eigenvalue weighted by molar-refractivity contribution is 7.15. The van der Waals surface area contributed by atoms with Gasteiger partial charge in [-0.3, -0.25) is 9.89 Å². The second kappa shape index (κ2) is 6.96. The van der Waals surface area contributed by atoms with Crippen LogP contribution in [0, 0.1) is 6.92 Å². The fourth-order valence-corrected chi connectivity index (χ4v) is 3.35. The van der Waals surface area contributed by atoms with Crippen molar-refractivity contribution in [1.29, 1.82) is 0 Å². The van der Waals surface area contributed by atoms with Gasteiger partial charge in [0.1, 0.15) is 12.5 Å². The molecule has 0 fully saturated rings. The number of aryl methyl sites for hydroxylation is 1. The Bertz CT molecular complexity index is 951.